The van der Waals surface area contributed by atoms with Crippen molar-refractivity contribution in [3.05, 3.63) is 33.3 Å². The maximum absolute atomic E-state index is 6.30. The zero-order valence-corrected chi connectivity index (χ0v) is 14.1. The van der Waals surface area contributed by atoms with Crippen molar-refractivity contribution in [2.75, 3.05) is 6.54 Å². The molecule has 19 heavy (non-hydrogen) atoms. The Morgan fingerprint density at radius 3 is 2.79 bits per heavy atom. The van der Waals surface area contributed by atoms with Crippen LogP contribution in [0.4, 0.5) is 0 Å². The van der Waals surface area contributed by atoms with Crippen LogP contribution < -0.4 is 5.32 Å². The second-order valence-corrected chi connectivity index (χ2v) is 7.14. The molecule has 0 bridgehead atoms. The Kier molecular flexibility index (Phi) is 5.73. The summed E-state index contributed by atoms with van der Waals surface area (Å²) in [6.45, 7) is 5.69. The van der Waals surface area contributed by atoms with E-state index < -0.39 is 0 Å². The fraction of sp³-hybridized carbons (Fsp3) is 0.625. The monoisotopic (exact) mass is 343 g/mol. The maximum Gasteiger partial charge on any atom is 0.0464 e. The molecule has 1 saturated carbocycles. The summed E-state index contributed by atoms with van der Waals surface area (Å²) in [6, 6.07) is 6.45. The number of halogens is 2. The zero-order valence-electron chi connectivity index (χ0n) is 11.8. The Balaban J connectivity index is 1.91. The van der Waals surface area contributed by atoms with Crippen molar-refractivity contribution in [2.45, 2.75) is 45.6 Å². The molecule has 1 fully saturated rings. The smallest absolute Gasteiger partial charge is 0.0464 e. The Labute approximate surface area is 130 Å². The van der Waals surface area contributed by atoms with E-state index in [1.807, 2.05) is 6.07 Å². The molecule has 0 aromatic heterocycles. The van der Waals surface area contributed by atoms with Crippen LogP contribution in [-0.4, -0.2) is 6.54 Å². The highest BCUT2D eigenvalue weighted by Crippen LogP contribution is 2.30. The summed E-state index contributed by atoms with van der Waals surface area (Å²) in [5.41, 5.74) is 1.19. The fourth-order valence-electron chi connectivity index (χ4n) is 2.99. The van der Waals surface area contributed by atoms with Crippen LogP contribution in [0.15, 0.2) is 22.7 Å². The van der Waals surface area contributed by atoms with Crippen molar-refractivity contribution in [3.63, 3.8) is 0 Å². The molecule has 1 N–H and O–H groups in total. The van der Waals surface area contributed by atoms with Gasteiger partial charge in [0.1, 0.15) is 0 Å². The summed E-state index contributed by atoms with van der Waals surface area (Å²) >= 11 is 9.75. The molecule has 3 unspecified atom stereocenters. The molecule has 106 valence electrons. The zero-order chi connectivity index (χ0) is 13.8. The largest absolute Gasteiger partial charge is 0.310 e. The first-order valence-corrected chi connectivity index (χ1v) is 8.43. The van der Waals surface area contributed by atoms with Gasteiger partial charge in [-0.05, 0) is 49.4 Å². The summed E-state index contributed by atoms with van der Waals surface area (Å²) in [6.07, 6.45) is 5.56. The molecule has 0 saturated heterocycles. The molecular weight excluding hydrogens is 322 g/mol. The lowest BCUT2D eigenvalue weighted by Gasteiger charge is -2.30. The highest BCUT2D eigenvalue weighted by Gasteiger charge is 2.21. The average molecular weight is 345 g/mol. The SMILES string of the molecule is CC(NCC1CCCCC1C)c1ccc(Br)cc1Cl. The van der Waals surface area contributed by atoms with E-state index in [0.29, 0.717) is 6.04 Å². The van der Waals surface area contributed by atoms with Crippen LogP contribution in [-0.2, 0) is 0 Å². The first-order chi connectivity index (χ1) is 9.08. The average Bonchev–Trinajstić information content (AvgIpc) is 2.37. The van der Waals surface area contributed by atoms with Gasteiger partial charge in [-0.1, -0.05) is 59.8 Å². The van der Waals surface area contributed by atoms with Crippen molar-refractivity contribution < 1.29 is 0 Å². The third kappa shape index (κ3) is 4.21. The lowest BCUT2D eigenvalue weighted by molar-refractivity contribution is 0.242. The normalized spacial score (nSPS) is 25.3. The van der Waals surface area contributed by atoms with Gasteiger partial charge in [-0.2, -0.15) is 0 Å². The highest BCUT2D eigenvalue weighted by molar-refractivity contribution is 9.10. The third-order valence-electron chi connectivity index (χ3n) is 4.40. The molecule has 0 amide bonds. The molecule has 0 radical (unpaired) electrons. The summed E-state index contributed by atoms with van der Waals surface area (Å²) in [5.74, 6) is 1.68. The van der Waals surface area contributed by atoms with Gasteiger partial charge < -0.3 is 5.32 Å². The lowest BCUT2D eigenvalue weighted by Crippen LogP contribution is -2.31. The number of rotatable bonds is 4. The van der Waals surface area contributed by atoms with Gasteiger partial charge in [-0.3, -0.25) is 0 Å². The summed E-state index contributed by atoms with van der Waals surface area (Å²) in [7, 11) is 0. The number of benzene rings is 1. The Morgan fingerprint density at radius 2 is 2.11 bits per heavy atom. The van der Waals surface area contributed by atoms with Crippen molar-refractivity contribution in [3.8, 4) is 0 Å². The molecule has 1 aliphatic rings. The van der Waals surface area contributed by atoms with E-state index in [-0.39, 0.29) is 0 Å². The number of hydrogen-bond donors (Lipinski definition) is 1. The van der Waals surface area contributed by atoms with Crippen molar-refractivity contribution in [2.24, 2.45) is 11.8 Å². The van der Waals surface area contributed by atoms with E-state index in [9.17, 15) is 0 Å². The molecule has 3 atom stereocenters. The van der Waals surface area contributed by atoms with Crippen LogP contribution in [0.1, 0.15) is 51.1 Å². The molecule has 1 aromatic carbocycles. The Bertz CT molecular complexity index is 421. The van der Waals surface area contributed by atoms with Gasteiger partial charge in [0, 0.05) is 15.5 Å². The molecule has 2 rings (SSSR count). The summed E-state index contributed by atoms with van der Waals surface area (Å²) in [4.78, 5) is 0. The van der Waals surface area contributed by atoms with Gasteiger partial charge >= 0.3 is 0 Å². The standard InChI is InChI=1S/C16H23BrClN/c1-11-5-3-4-6-13(11)10-19-12(2)15-8-7-14(17)9-16(15)18/h7-9,11-13,19H,3-6,10H2,1-2H3. The van der Waals surface area contributed by atoms with E-state index in [1.165, 1.54) is 31.2 Å². The number of nitrogens with one attached hydrogen (secondary N) is 1. The van der Waals surface area contributed by atoms with Crippen LogP contribution in [0.3, 0.4) is 0 Å². The van der Waals surface area contributed by atoms with Crippen LogP contribution in [0.2, 0.25) is 5.02 Å². The minimum absolute atomic E-state index is 0.315. The molecule has 1 nitrogen and oxygen atoms in total. The molecule has 0 spiro atoms. The predicted molar refractivity (Wildman–Crippen MR) is 86.7 cm³/mol. The fourth-order valence-corrected chi connectivity index (χ4v) is 3.82. The van der Waals surface area contributed by atoms with Crippen LogP contribution in [0, 0.1) is 11.8 Å². The molecule has 0 aliphatic heterocycles. The molecular formula is C16H23BrClN. The first-order valence-electron chi connectivity index (χ1n) is 7.26. The minimum Gasteiger partial charge on any atom is -0.310 e. The summed E-state index contributed by atoms with van der Waals surface area (Å²) in [5, 5.41) is 4.50. The van der Waals surface area contributed by atoms with E-state index in [2.05, 4.69) is 47.2 Å². The molecule has 1 aliphatic carbocycles. The predicted octanol–water partition coefficient (Wildman–Crippen LogP) is 5.58. The lowest BCUT2D eigenvalue weighted by atomic mass is 9.80. The minimum atomic E-state index is 0.315. The Morgan fingerprint density at radius 1 is 1.37 bits per heavy atom. The van der Waals surface area contributed by atoms with Gasteiger partial charge in [0.25, 0.3) is 0 Å². The van der Waals surface area contributed by atoms with Gasteiger partial charge in [-0.15, -0.1) is 0 Å². The van der Waals surface area contributed by atoms with Crippen LogP contribution in [0.5, 0.6) is 0 Å². The van der Waals surface area contributed by atoms with Crippen LogP contribution >= 0.6 is 27.5 Å². The van der Waals surface area contributed by atoms with Crippen molar-refractivity contribution in [1.82, 2.24) is 5.32 Å². The van der Waals surface area contributed by atoms with E-state index in [1.54, 1.807) is 0 Å². The summed E-state index contributed by atoms with van der Waals surface area (Å²) < 4.78 is 1.04. The topological polar surface area (TPSA) is 12.0 Å². The van der Waals surface area contributed by atoms with Gasteiger partial charge in [0.15, 0.2) is 0 Å². The van der Waals surface area contributed by atoms with Gasteiger partial charge in [0.05, 0.1) is 0 Å². The van der Waals surface area contributed by atoms with E-state index in [0.717, 1.165) is 27.9 Å². The third-order valence-corrected chi connectivity index (χ3v) is 5.22. The molecule has 3 heteroatoms. The highest BCUT2D eigenvalue weighted by atomic mass is 79.9. The second kappa shape index (κ2) is 7.10. The molecule has 0 heterocycles. The van der Waals surface area contributed by atoms with E-state index in [4.69, 9.17) is 11.6 Å². The maximum atomic E-state index is 6.30. The first kappa shape index (κ1) is 15.3. The number of hydrogen-bond acceptors (Lipinski definition) is 1. The van der Waals surface area contributed by atoms with Crippen molar-refractivity contribution >= 4 is 27.5 Å². The Hall–Kier alpha value is -0.0500. The van der Waals surface area contributed by atoms with Crippen molar-refractivity contribution in [1.29, 1.82) is 0 Å². The van der Waals surface area contributed by atoms with Crippen LogP contribution in [0.25, 0.3) is 0 Å². The van der Waals surface area contributed by atoms with Gasteiger partial charge in [-0.25, -0.2) is 0 Å². The second-order valence-electron chi connectivity index (χ2n) is 5.82. The van der Waals surface area contributed by atoms with Gasteiger partial charge in [0.2, 0.25) is 0 Å². The molecule has 1 aromatic rings. The van der Waals surface area contributed by atoms with E-state index >= 15 is 0 Å². The quantitative estimate of drug-likeness (QED) is 0.752.